The molecule has 0 radical (unpaired) electrons. The van der Waals surface area contributed by atoms with Crippen LogP contribution in [0.1, 0.15) is 18.9 Å². The van der Waals surface area contributed by atoms with Crippen LogP contribution in [0.2, 0.25) is 0 Å². The Kier molecular flexibility index (Phi) is 3.94. The molecule has 2 heterocycles. The van der Waals surface area contributed by atoms with Crippen LogP contribution in [-0.4, -0.2) is 15.2 Å². The highest BCUT2D eigenvalue weighted by molar-refractivity contribution is 5.99. The van der Waals surface area contributed by atoms with Crippen LogP contribution in [0.5, 0.6) is 0 Å². The van der Waals surface area contributed by atoms with Crippen molar-refractivity contribution in [3.05, 3.63) is 66.2 Å². The maximum atomic E-state index is 6.57. The maximum Gasteiger partial charge on any atom is 0.182 e. The van der Waals surface area contributed by atoms with Gasteiger partial charge in [0.05, 0.1) is 22.5 Å². The average Bonchev–Trinajstić information content (AvgIpc) is 3.09. The normalized spacial score (nSPS) is 11.1. The number of aromatic amines is 1. The summed E-state index contributed by atoms with van der Waals surface area (Å²) in [5.41, 5.74) is 13.1. The monoisotopic (exact) mass is 328 g/mol. The molecule has 0 unspecified atom stereocenters. The second-order valence-corrected chi connectivity index (χ2v) is 6.13. The zero-order chi connectivity index (χ0) is 17.2. The molecule has 0 saturated carbocycles. The third-order valence-corrected chi connectivity index (χ3v) is 4.46. The lowest BCUT2D eigenvalue weighted by Gasteiger charge is -2.12. The zero-order valence-corrected chi connectivity index (χ0v) is 14.2. The summed E-state index contributed by atoms with van der Waals surface area (Å²) in [5.74, 6) is 0. The molecule has 4 aromatic rings. The molecule has 4 rings (SSSR count). The minimum Gasteiger partial charge on any atom is -0.397 e. The lowest BCUT2D eigenvalue weighted by Crippen LogP contribution is -2.01. The summed E-state index contributed by atoms with van der Waals surface area (Å²) < 4.78 is 0. The van der Waals surface area contributed by atoms with Gasteiger partial charge in [0.2, 0.25) is 0 Å². The number of rotatable bonds is 4. The maximum absolute atomic E-state index is 6.57. The van der Waals surface area contributed by atoms with Crippen molar-refractivity contribution in [2.24, 2.45) is 0 Å². The van der Waals surface area contributed by atoms with E-state index >= 15 is 0 Å². The molecule has 0 fully saturated rings. The standard InChI is InChI=1S/C21H20N4/c1-2-9-16-17-19(14-10-5-3-6-11-14)24-25-21(17)23-20(18(16)22)15-12-7-4-8-13-15/h3-8,10-13H,2,9,22H2,1H3,(H,23,24,25). The highest BCUT2D eigenvalue weighted by atomic mass is 15.2. The number of nitrogens with one attached hydrogen (secondary N) is 1. The summed E-state index contributed by atoms with van der Waals surface area (Å²) >= 11 is 0. The van der Waals surface area contributed by atoms with Crippen LogP contribution in [0.15, 0.2) is 60.7 Å². The molecular formula is C21H20N4. The summed E-state index contributed by atoms with van der Waals surface area (Å²) in [6.45, 7) is 2.16. The van der Waals surface area contributed by atoms with E-state index in [1.54, 1.807) is 0 Å². The largest absolute Gasteiger partial charge is 0.397 e. The Labute approximate surface area is 146 Å². The predicted octanol–water partition coefficient (Wildman–Crippen LogP) is 4.83. The number of nitrogens with zero attached hydrogens (tertiary/aromatic N) is 2. The van der Waals surface area contributed by atoms with E-state index in [4.69, 9.17) is 10.7 Å². The van der Waals surface area contributed by atoms with Crippen molar-refractivity contribution >= 4 is 16.7 Å². The van der Waals surface area contributed by atoms with Gasteiger partial charge >= 0.3 is 0 Å². The van der Waals surface area contributed by atoms with Gasteiger partial charge in [-0.3, -0.25) is 5.10 Å². The molecule has 0 atom stereocenters. The fourth-order valence-corrected chi connectivity index (χ4v) is 3.28. The molecule has 2 aromatic heterocycles. The number of benzene rings is 2. The number of anilines is 1. The van der Waals surface area contributed by atoms with E-state index in [0.717, 1.165) is 57.6 Å². The first-order chi connectivity index (χ1) is 12.3. The summed E-state index contributed by atoms with van der Waals surface area (Å²) in [6, 6.07) is 20.3. The first kappa shape index (κ1) is 15.4. The molecule has 0 amide bonds. The number of nitrogens with two attached hydrogens (primary N) is 1. The van der Waals surface area contributed by atoms with E-state index in [1.807, 2.05) is 48.5 Å². The van der Waals surface area contributed by atoms with Gasteiger partial charge in [-0.1, -0.05) is 74.0 Å². The number of hydrogen-bond donors (Lipinski definition) is 2. The van der Waals surface area contributed by atoms with Crippen molar-refractivity contribution in [1.82, 2.24) is 15.2 Å². The van der Waals surface area contributed by atoms with E-state index in [1.165, 1.54) is 0 Å². The minimum atomic E-state index is 0.718. The van der Waals surface area contributed by atoms with E-state index in [9.17, 15) is 0 Å². The average molecular weight is 328 g/mol. The van der Waals surface area contributed by atoms with Crippen LogP contribution in [0, 0.1) is 0 Å². The van der Waals surface area contributed by atoms with Crippen LogP contribution >= 0.6 is 0 Å². The molecule has 2 aromatic carbocycles. The molecule has 4 nitrogen and oxygen atoms in total. The van der Waals surface area contributed by atoms with E-state index in [-0.39, 0.29) is 0 Å². The van der Waals surface area contributed by atoms with Crippen molar-refractivity contribution < 1.29 is 0 Å². The molecule has 124 valence electrons. The fourth-order valence-electron chi connectivity index (χ4n) is 3.28. The lowest BCUT2D eigenvalue weighted by molar-refractivity contribution is 0.931. The molecular weight excluding hydrogens is 308 g/mol. The first-order valence-electron chi connectivity index (χ1n) is 8.57. The first-order valence-corrected chi connectivity index (χ1v) is 8.57. The Balaban J connectivity index is 2.01. The minimum absolute atomic E-state index is 0.718. The summed E-state index contributed by atoms with van der Waals surface area (Å²) in [4.78, 5) is 4.77. The van der Waals surface area contributed by atoms with Crippen molar-refractivity contribution in [3.8, 4) is 22.5 Å². The van der Waals surface area contributed by atoms with Gasteiger partial charge < -0.3 is 5.73 Å². The Hall–Kier alpha value is -3.14. The number of aromatic nitrogens is 3. The number of fused-ring (bicyclic) bond motifs is 1. The van der Waals surface area contributed by atoms with Gasteiger partial charge in [0, 0.05) is 11.1 Å². The van der Waals surface area contributed by atoms with E-state index < -0.39 is 0 Å². The highest BCUT2D eigenvalue weighted by Crippen LogP contribution is 2.36. The Morgan fingerprint density at radius 1 is 0.920 bits per heavy atom. The lowest BCUT2D eigenvalue weighted by atomic mass is 9.97. The third-order valence-electron chi connectivity index (χ3n) is 4.46. The Morgan fingerprint density at radius 2 is 1.56 bits per heavy atom. The van der Waals surface area contributed by atoms with Crippen LogP contribution in [0.25, 0.3) is 33.5 Å². The Bertz CT molecular complexity index is 1000. The molecule has 0 bridgehead atoms. The molecule has 4 heteroatoms. The second-order valence-electron chi connectivity index (χ2n) is 6.13. The van der Waals surface area contributed by atoms with Crippen molar-refractivity contribution in [2.75, 3.05) is 5.73 Å². The second kappa shape index (κ2) is 6.40. The van der Waals surface area contributed by atoms with Gasteiger partial charge in [0.15, 0.2) is 5.65 Å². The number of H-pyrrole nitrogens is 1. The zero-order valence-electron chi connectivity index (χ0n) is 14.2. The predicted molar refractivity (Wildman–Crippen MR) is 103 cm³/mol. The molecule has 0 aliphatic heterocycles. The van der Waals surface area contributed by atoms with E-state index in [2.05, 4.69) is 29.3 Å². The molecule has 25 heavy (non-hydrogen) atoms. The van der Waals surface area contributed by atoms with Crippen LogP contribution in [0.4, 0.5) is 5.69 Å². The fraction of sp³-hybridized carbons (Fsp3) is 0.143. The van der Waals surface area contributed by atoms with Gasteiger partial charge in [-0.25, -0.2) is 4.98 Å². The summed E-state index contributed by atoms with van der Waals surface area (Å²) in [6.07, 6.45) is 1.90. The summed E-state index contributed by atoms with van der Waals surface area (Å²) in [5, 5.41) is 8.67. The quantitative estimate of drug-likeness (QED) is 0.564. The van der Waals surface area contributed by atoms with E-state index in [0.29, 0.717) is 0 Å². The molecule has 0 spiro atoms. The van der Waals surface area contributed by atoms with Gasteiger partial charge in [-0.15, -0.1) is 0 Å². The number of aryl methyl sites for hydroxylation is 1. The smallest absolute Gasteiger partial charge is 0.182 e. The number of pyridine rings is 1. The topological polar surface area (TPSA) is 67.6 Å². The highest BCUT2D eigenvalue weighted by Gasteiger charge is 2.19. The molecule has 0 aliphatic carbocycles. The van der Waals surface area contributed by atoms with Gasteiger partial charge in [-0.05, 0) is 12.0 Å². The Morgan fingerprint density at radius 3 is 2.20 bits per heavy atom. The van der Waals surface area contributed by atoms with Crippen molar-refractivity contribution in [2.45, 2.75) is 19.8 Å². The molecule has 0 saturated heterocycles. The summed E-state index contributed by atoms with van der Waals surface area (Å²) in [7, 11) is 0. The van der Waals surface area contributed by atoms with Crippen molar-refractivity contribution in [1.29, 1.82) is 0 Å². The van der Waals surface area contributed by atoms with Crippen LogP contribution in [0.3, 0.4) is 0 Å². The van der Waals surface area contributed by atoms with Crippen LogP contribution < -0.4 is 5.73 Å². The SMILES string of the molecule is CCCc1c(N)c(-c2ccccc2)nc2n[nH]c(-c3ccccc3)c12. The number of hydrogen-bond acceptors (Lipinski definition) is 3. The van der Waals surface area contributed by atoms with Gasteiger partial charge in [0.25, 0.3) is 0 Å². The number of nitrogen functional groups attached to an aromatic ring is 1. The third kappa shape index (κ3) is 2.66. The van der Waals surface area contributed by atoms with Crippen molar-refractivity contribution in [3.63, 3.8) is 0 Å². The van der Waals surface area contributed by atoms with Gasteiger partial charge in [0.1, 0.15) is 0 Å². The van der Waals surface area contributed by atoms with Gasteiger partial charge in [-0.2, -0.15) is 5.10 Å². The van der Waals surface area contributed by atoms with Crippen LogP contribution in [-0.2, 0) is 6.42 Å². The molecule has 3 N–H and O–H groups in total. The molecule has 0 aliphatic rings.